The Morgan fingerprint density at radius 2 is 1.81 bits per heavy atom. The molecular formula is C24H28ClF. The molecule has 0 heterocycles. The SMILES string of the molecule is CCCc1ccc(-c2ccc(CCC3=CCC(C)CC3)cc2)c(Cl)c1F. The summed E-state index contributed by atoms with van der Waals surface area (Å²) < 4.78 is 14.4. The van der Waals surface area contributed by atoms with Gasteiger partial charge in [0.1, 0.15) is 5.82 Å². The van der Waals surface area contributed by atoms with E-state index >= 15 is 0 Å². The standard InChI is InChI=1S/C24H28ClF/c1-3-4-21-15-16-22(23(25)24(21)26)20-13-11-19(12-14-20)10-9-18-7-5-17(2)6-8-18/h7,11-17H,3-6,8-10H2,1-2H3. The van der Waals surface area contributed by atoms with Crippen LogP contribution < -0.4 is 0 Å². The number of allylic oxidation sites excluding steroid dienone is 2. The Hall–Kier alpha value is -1.60. The summed E-state index contributed by atoms with van der Waals surface area (Å²) in [4.78, 5) is 0. The second kappa shape index (κ2) is 8.86. The smallest absolute Gasteiger partial charge is 0.145 e. The molecule has 0 nitrogen and oxygen atoms in total. The Bertz CT molecular complexity index is 774. The Morgan fingerprint density at radius 1 is 1.04 bits per heavy atom. The number of hydrogen-bond donors (Lipinski definition) is 0. The van der Waals surface area contributed by atoms with Crippen LogP contribution in [0.5, 0.6) is 0 Å². The van der Waals surface area contributed by atoms with E-state index in [0.29, 0.717) is 5.56 Å². The third-order valence-electron chi connectivity index (χ3n) is 5.45. The highest BCUT2D eigenvalue weighted by molar-refractivity contribution is 6.33. The van der Waals surface area contributed by atoms with E-state index in [4.69, 9.17) is 11.6 Å². The van der Waals surface area contributed by atoms with Crippen LogP contribution in [0.4, 0.5) is 4.39 Å². The molecule has 2 heteroatoms. The van der Waals surface area contributed by atoms with Crippen LogP contribution in [-0.4, -0.2) is 0 Å². The summed E-state index contributed by atoms with van der Waals surface area (Å²) in [5.74, 6) is 0.570. The Kier molecular flexibility index (Phi) is 6.53. The van der Waals surface area contributed by atoms with Gasteiger partial charge in [-0.3, -0.25) is 0 Å². The van der Waals surface area contributed by atoms with Gasteiger partial charge >= 0.3 is 0 Å². The van der Waals surface area contributed by atoms with Gasteiger partial charge in [-0.05, 0) is 61.1 Å². The van der Waals surface area contributed by atoms with Gasteiger partial charge in [0.2, 0.25) is 0 Å². The molecule has 26 heavy (non-hydrogen) atoms. The number of rotatable bonds is 6. The lowest BCUT2D eigenvalue weighted by Crippen LogP contribution is -2.02. The number of hydrogen-bond acceptors (Lipinski definition) is 0. The van der Waals surface area contributed by atoms with Crippen LogP contribution in [0.2, 0.25) is 5.02 Å². The molecule has 0 amide bonds. The highest BCUT2D eigenvalue weighted by Crippen LogP contribution is 2.33. The van der Waals surface area contributed by atoms with E-state index in [9.17, 15) is 4.39 Å². The van der Waals surface area contributed by atoms with Gasteiger partial charge in [0.05, 0.1) is 5.02 Å². The normalized spacial score (nSPS) is 17.2. The third-order valence-corrected chi connectivity index (χ3v) is 5.82. The average Bonchev–Trinajstić information content (AvgIpc) is 2.66. The zero-order chi connectivity index (χ0) is 18.5. The van der Waals surface area contributed by atoms with Gasteiger partial charge in [-0.15, -0.1) is 0 Å². The maximum atomic E-state index is 14.4. The lowest BCUT2D eigenvalue weighted by Gasteiger charge is -2.18. The molecule has 0 saturated heterocycles. The van der Waals surface area contributed by atoms with Crippen molar-refractivity contribution in [1.82, 2.24) is 0 Å². The van der Waals surface area contributed by atoms with E-state index in [0.717, 1.165) is 42.7 Å². The van der Waals surface area contributed by atoms with Crippen molar-refractivity contribution in [3.63, 3.8) is 0 Å². The Labute approximate surface area is 162 Å². The van der Waals surface area contributed by atoms with Crippen molar-refractivity contribution in [3.8, 4) is 11.1 Å². The molecule has 1 aliphatic rings. The maximum absolute atomic E-state index is 14.4. The molecule has 0 aliphatic heterocycles. The minimum absolute atomic E-state index is 0.241. The van der Waals surface area contributed by atoms with Gasteiger partial charge in [0.25, 0.3) is 0 Å². The van der Waals surface area contributed by atoms with Crippen LogP contribution in [0.3, 0.4) is 0 Å². The molecule has 2 aromatic carbocycles. The van der Waals surface area contributed by atoms with Crippen molar-refractivity contribution in [2.45, 2.75) is 58.8 Å². The summed E-state index contributed by atoms with van der Waals surface area (Å²) in [5, 5.41) is 0.241. The molecule has 1 atom stereocenters. The summed E-state index contributed by atoms with van der Waals surface area (Å²) >= 11 is 6.30. The number of halogens is 2. The largest absolute Gasteiger partial charge is 0.205 e. The first-order chi connectivity index (χ1) is 12.6. The van der Waals surface area contributed by atoms with Gasteiger partial charge in [0, 0.05) is 5.56 Å². The fourth-order valence-corrected chi connectivity index (χ4v) is 3.97. The van der Waals surface area contributed by atoms with Crippen molar-refractivity contribution in [2.75, 3.05) is 0 Å². The molecule has 0 radical (unpaired) electrons. The molecule has 1 unspecified atom stereocenters. The second-order valence-corrected chi connectivity index (χ2v) is 7.97. The van der Waals surface area contributed by atoms with Crippen molar-refractivity contribution in [3.05, 3.63) is 70.0 Å². The van der Waals surface area contributed by atoms with Gasteiger partial charge < -0.3 is 0 Å². The van der Waals surface area contributed by atoms with Crippen LogP contribution in [-0.2, 0) is 12.8 Å². The van der Waals surface area contributed by atoms with Gasteiger partial charge in [0.15, 0.2) is 0 Å². The van der Waals surface area contributed by atoms with Crippen molar-refractivity contribution in [1.29, 1.82) is 0 Å². The maximum Gasteiger partial charge on any atom is 0.145 e. The summed E-state index contributed by atoms with van der Waals surface area (Å²) in [5.41, 5.74) is 5.38. The number of benzene rings is 2. The Morgan fingerprint density at radius 3 is 2.46 bits per heavy atom. The predicted octanol–water partition coefficient (Wildman–Crippen LogP) is 7.78. The van der Waals surface area contributed by atoms with Crippen LogP contribution in [0, 0.1) is 11.7 Å². The zero-order valence-corrected chi connectivity index (χ0v) is 16.6. The van der Waals surface area contributed by atoms with Crippen LogP contribution in [0.15, 0.2) is 48.0 Å². The van der Waals surface area contributed by atoms with Crippen LogP contribution >= 0.6 is 11.6 Å². The number of aryl methyl sites for hydroxylation is 2. The van der Waals surface area contributed by atoms with E-state index in [1.165, 1.54) is 24.8 Å². The van der Waals surface area contributed by atoms with Crippen molar-refractivity contribution >= 4 is 11.6 Å². The first-order valence-electron chi connectivity index (χ1n) is 9.82. The van der Waals surface area contributed by atoms with E-state index in [1.54, 1.807) is 5.57 Å². The van der Waals surface area contributed by atoms with Gasteiger partial charge in [-0.1, -0.05) is 79.9 Å². The van der Waals surface area contributed by atoms with Crippen LogP contribution in [0.1, 0.15) is 57.1 Å². The van der Waals surface area contributed by atoms with Crippen molar-refractivity contribution < 1.29 is 4.39 Å². The first-order valence-corrected chi connectivity index (χ1v) is 10.2. The molecular weight excluding hydrogens is 343 g/mol. The van der Waals surface area contributed by atoms with E-state index < -0.39 is 0 Å². The average molecular weight is 371 g/mol. The second-order valence-electron chi connectivity index (χ2n) is 7.59. The molecule has 0 bridgehead atoms. The monoisotopic (exact) mass is 370 g/mol. The molecule has 2 aromatic rings. The molecule has 0 aromatic heterocycles. The quantitative estimate of drug-likeness (QED) is 0.455. The molecule has 0 N–H and O–H groups in total. The minimum Gasteiger partial charge on any atom is -0.205 e. The summed E-state index contributed by atoms with van der Waals surface area (Å²) in [6, 6.07) is 12.2. The molecule has 1 aliphatic carbocycles. The molecule has 0 spiro atoms. The third kappa shape index (κ3) is 4.57. The molecule has 0 fully saturated rings. The fraction of sp³-hybridized carbons (Fsp3) is 0.417. The van der Waals surface area contributed by atoms with E-state index in [1.807, 2.05) is 19.1 Å². The molecule has 138 valence electrons. The van der Waals surface area contributed by atoms with E-state index in [2.05, 4.69) is 37.3 Å². The lowest BCUT2D eigenvalue weighted by molar-refractivity contribution is 0.506. The summed E-state index contributed by atoms with van der Waals surface area (Å²) in [6.45, 7) is 4.37. The Balaban J connectivity index is 1.69. The minimum atomic E-state index is -0.270. The topological polar surface area (TPSA) is 0 Å². The van der Waals surface area contributed by atoms with Crippen LogP contribution in [0.25, 0.3) is 11.1 Å². The van der Waals surface area contributed by atoms with E-state index in [-0.39, 0.29) is 10.8 Å². The highest BCUT2D eigenvalue weighted by atomic mass is 35.5. The van der Waals surface area contributed by atoms with Crippen molar-refractivity contribution in [2.24, 2.45) is 5.92 Å². The lowest BCUT2D eigenvalue weighted by atomic mass is 9.88. The van der Waals surface area contributed by atoms with Gasteiger partial charge in [-0.2, -0.15) is 0 Å². The fourth-order valence-electron chi connectivity index (χ4n) is 3.68. The summed E-state index contributed by atoms with van der Waals surface area (Å²) in [7, 11) is 0. The van der Waals surface area contributed by atoms with Gasteiger partial charge in [-0.25, -0.2) is 4.39 Å². The zero-order valence-electron chi connectivity index (χ0n) is 15.8. The predicted molar refractivity (Wildman–Crippen MR) is 110 cm³/mol. The molecule has 3 rings (SSSR count). The first kappa shape index (κ1) is 19.2. The summed E-state index contributed by atoms with van der Waals surface area (Å²) in [6.07, 6.45) is 10.1. The highest BCUT2D eigenvalue weighted by Gasteiger charge is 2.13. The molecule has 0 saturated carbocycles.